The Morgan fingerprint density at radius 2 is 1.49 bits per heavy atom. The number of nitrogens with one attached hydrogen (secondary N) is 4. The predicted octanol–water partition coefficient (Wildman–Crippen LogP) is 4.90. The number of carbonyl (C=O) groups is 3. The average Bonchev–Trinajstić information content (AvgIpc) is 3.61. The van der Waals surface area contributed by atoms with Crippen molar-refractivity contribution in [3.8, 4) is 11.1 Å². The molecule has 0 aliphatic heterocycles. The van der Waals surface area contributed by atoms with Crippen molar-refractivity contribution in [1.82, 2.24) is 10.6 Å². The molecule has 1 aliphatic rings. The van der Waals surface area contributed by atoms with E-state index in [-0.39, 0.29) is 17.6 Å². The summed E-state index contributed by atoms with van der Waals surface area (Å²) in [4.78, 5) is 37.8. The number of urea groups is 1. The third-order valence-corrected chi connectivity index (χ3v) is 5.91. The number of hydrogen-bond acceptors (Lipinski definition) is 4. The molecule has 0 aromatic heterocycles. The maximum Gasteiger partial charge on any atom is 0.316 e. The van der Waals surface area contributed by atoms with Crippen molar-refractivity contribution in [3.05, 3.63) is 78.1 Å². The minimum atomic E-state index is -0.932. The van der Waals surface area contributed by atoms with Gasteiger partial charge in [-0.1, -0.05) is 18.2 Å². The van der Waals surface area contributed by atoms with Gasteiger partial charge in [-0.15, -0.1) is 0 Å². The number of hydrogen-bond donors (Lipinski definition) is 5. The first-order valence-electron chi connectivity index (χ1n) is 11.9. The van der Waals surface area contributed by atoms with Crippen LogP contribution in [-0.2, 0) is 4.79 Å². The predicted molar refractivity (Wildman–Crippen MR) is 143 cm³/mol. The van der Waals surface area contributed by atoms with Crippen LogP contribution in [0.15, 0.2) is 66.7 Å². The number of nitrogens with two attached hydrogens (primary N) is 1. The monoisotopic (exact) mass is 503 g/mol. The Bertz CT molecular complexity index is 1330. The van der Waals surface area contributed by atoms with Gasteiger partial charge in [0.2, 0.25) is 5.91 Å². The Morgan fingerprint density at radius 3 is 2.08 bits per heavy atom. The molecule has 37 heavy (non-hydrogen) atoms. The van der Waals surface area contributed by atoms with Crippen LogP contribution >= 0.6 is 0 Å². The minimum absolute atomic E-state index is 0.306. The molecule has 4 amide bonds. The highest BCUT2D eigenvalue weighted by Gasteiger charge is 2.51. The topological polar surface area (TPSA) is 125 Å². The maximum absolute atomic E-state index is 13.2. The van der Waals surface area contributed by atoms with Gasteiger partial charge >= 0.3 is 6.03 Å². The Kier molecular flexibility index (Phi) is 6.89. The van der Waals surface area contributed by atoms with Crippen molar-refractivity contribution in [2.45, 2.75) is 44.7 Å². The van der Waals surface area contributed by atoms with E-state index in [1.54, 1.807) is 54.6 Å². The molecule has 9 heteroatoms. The summed E-state index contributed by atoms with van der Waals surface area (Å²) in [5, 5.41) is 11.2. The summed E-state index contributed by atoms with van der Waals surface area (Å²) >= 11 is 0. The molecule has 1 aliphatic carbocycles. The van der Waals surface area contributed by atoms with Crippen molar-refractivity contribution in [1.29, 1.82) is 0 Å². The van der Waals surface area contributed by atoms with Crippen molar-refractivity contribution in [2.75, 3.05) is 16.4 Å². The molecule has 8 nitrogen and oxygen atoms in total. The smallest absolute Gasteiger partial charge is 0.316 e. The van der Waals surface area contributed by atoms with Crippen LogP contribution in [0.1, 0.15) is 44.0 Å². The summed E-state index contributed by atoms with van der Waals surface area (Å²) in [5.74, 6) is -1.01. The molecule has 0 atom stereocenters. The van der Waals surface area contributed by atoms with Crippen LogP contribution in [0.4, 0.5) is 26.2 Å². The molecule has 0 heterocycles. The molecule has 6 N–H and O–H groups in total. The molecule has 0 spiro atoms. The van der Waals surface area contributed by atoms with E-state index >= 15 is 0 Å². The molecule has 0 saturated heterocycles. The van der Waals surface area contributed by atoms with Gasteiger partial charge in [-0.25, -0.2) is 9.18 Å². The lowest BCUT2D eigenvalue weighted by Crippen LogP contribution is -2.54. The van der Waals surface area contributed by atoms with E-state index in [4.69, 9.17) is 5.73 Å². The maximum atomic E-state index is 13.2. The molecule has 1 fully saturated rings. The summed E-state index contributed by atoms with van der Waals surface area (Å²) < 4.78 is 13.2. The number of benzene rings is 3. The summed E-state index contributed by atoms with van der Waals surface area (Å²) in [5.41, 5.74) is 7.97. The van der Waals surface area contributed by atoms with E-state index in [0.717, 1.165) is 11.1 Å². The summed E-state index contributed by atoms with van der Waals surface area (Å²) in [6.07, 6.45) is 1.10. The van der Waals surface area contributed by atoms with Crippen LogP contribution in [0, 0.1) is 5.82 Å². The first-order chi connectivity index (χ1) is 17.4. The fourth-order valence-electron chi connectivity index (χ4n) is 3.76. The molecule has 0 unspecified atom stereocenters. The summed E-state index contributed by atoms with van der Waals surface area (Å²) in [7, 11) is 0. The zero-order valence-electron chi connectivity index (χ0n) is 20.9. The van der Waals surface area contributed by atoms with Crippen LogP contribution in [-0.4, -0.2) is 28.9 Å². The highest BCUT2D eigenvalue weighted by atomic mass is 19.1. The highest BCUT2D eigenvalue weighted by molar-refractivity contribution is 6.07. The SMILES string of the molecule is CC(C)(C)NC(=O)NC1(C(=O)Nc2ccc(C(=O)Nc3cc(-c4ccc(F)cc4)ccc3N)cc2)CC1. The van der Waals surface area contributed by atoms with Crippen molar-refractivity contribution < 1.29 is 18.8 Å². The van der Waals surface area contributed by atoms with Gasteiger partial charge in [0.25, 0.3) is 5.91 Å². The van der Waals surface area contributed by atoms with Crippen LogP contribution in [0.5, 0.6) is 0 Å². The fraction of sp³-hybridized carbons (Fsp3) is 0.250. The largest absolute Gasteiger partial charge is 0.397 e. The number of rotatable bonds is 6. The Balaban J connectivity index is 1.39. The third-order valence-electron chi connectivity index (χ3n) is 5.91. The van der Waals surface area contributed by atoms with Gasteiger partial charge in [0, 0.05) is 16.8 Å². The van der Waals surface area contributed by atoms with Gasteiger partial charge in [0.15, 0.2) is 0 Å². The van der Waals surface area contributed by atoms with Gasteiger partial charge in [-0.05, 0) is 93.3 Å². The zero-order valence-corrected chi connectivity index (χ0v) is 20.9. The Morgan fingerprint density at radius 1 is 0.865 bits per heavy atom. The summed E-state index contributed by atoms with van der Waals surface area (Å²) in [6, 6.07) is 17.3. The second-order valence-electron chi connectivity index (χ2n) is 10.2. The number of carbonyl (C=O) groups excluding carboxylic acids is 3. The molecule has 3 aromatic rings. The quantitative estimate of drug-likeness (QED) is 0.307. The van der Waals surface area contributed by atoms with Crippen molar-refractivity contribution in [3.63, 3.8) is 0 Å². The Hall–Kier alpha value is -4.40. The number of nitrogen functional groups attached to an aromatic ring is 1. The second kappa shape index (κ2) is 9.93. The van der Waals surface area contributed by atoms with Gasteiger partial charge in [0.05, 0.1) is 11.4 Å². The second-order valence-corrected chi connectivity index (χ2v) is 10.2. The van der Waals surface area contributed by atoms with Gasteiger partial charge in [-0.2, -0.15) is 0 Å². The van der Waals surface area contributed by atoms with Gasteiger partial charge in [-0.3, -0.25) is 9.59 Å². The minimum Gasteiger partial charge on any atom is -0.397 e. The van der Waals surface area contributed by atoms with Crippen molar-refractivity contribution in [2.24, 2.45) is 0 Å². The molecule has 1 saturated carbocycles. The Labute approximate surface area is 214 Å². The standard InChI is InChI=1S/C28H30FN5O3/c1-27(2,3)33-26(37)34-28(14-15-28)25(36)31-21-11-6-18(7-12-21)24(35)32-23-16-19(8-13-22(23)30)17-4-9-20(29)10-5-17/h4-13,16H,14-15,30H2,1-3H3,(H,31,36)(H,32,35)(H2,33,34,37). The molecule has 0 radical (unpaired) electrons. The van der Waals surface area contributed by atoms with Crippen LogP contribution < -0.4 is 27.0 Å². The molecular formula is C28H30FN5O3. The lowest BCUT2D eigenvalue weighted by molar-refractivity contribution is -0.118. The first-order valence-corrected chi connectivity index (χ1v) is 11.9. The van der Waals surface area contributed by atoms with Crippen LogP contribution in [0.3, 0.4) is 0 Å². The summed E-state index contributed by atoms with van der Waals surface area (Å²) in [6.45, 7) is 5.58. The first kappa shape index (κ1) is 25.7. The zero-order chi connectivity index (χ0) is 26.8. The van der Waals surface area contributed by atoms with Crippen LogP contribution in [0.2, 0.25) is 0 Å². The lowest BCUT2D eigenvalue weighted by atomic mass is 10.0. The van der Waals surface area contributed by atoms with E-state index in [1.165, 1.54) is 12.1 Å². The third kappa shape index (κ3) is 6.43. The average molecular weight is 504 g/mol. The number of halogens is 1. The molecule has 0 bridgehead atoms. The van der Waals surface area contributed by atoms with Crippen LogP contribution in [0.25, 0.3) is 11.1 Å². The van der Waals surface area contributed by atoms with E-state index in [0.29, 0.717) is 35.5 Å². The van der Waals surface area contributed by atoms with E-state index in [9.17, 15) is 18.8 Å². The number of anilines is 3. The van der Waals surface area contributed by atoms with E-state index in [2.05, 4.69) is 21.3 Å². The van der Waals surface area contributed by atoms with E-state index < -0.39 is 17.1 Å². The van der Waals surface area contributed by atoms with E-state index in [1.807, 2.05) is 20.8 Å². The highest BCUT2D eigenvalue weighted by Crippen LogP contribution is 2.36. The van der Waals surface area contributed by atoms with Gasteiger partial charge < -0.3 is 27.0 Å². The van der Waals surface area contributed by atoms with Crippen molar-refractivity contribution >= 4 is 34.9 Å². The number of amides is 4. The molecule has 192 valence electrons. The molecule has 3 aromatic carbocycles. The molecular weight excluding hydrogens is 473 g/mol. The molecule has 4 rings (SSSR count). The lowest BCUT2D eigenvalue weighted by Gasteiger charge is -2.24. The van der Waals surface area contributed by atoms with Gasteiger partial charge in [0.1, 0.15) is 11.4 Å². The normalized spacial score (nSPS) is 13.8. The fourth-order valence-corrected chi connectivity index (χ4v) is 3.76.